The summed E-state index contributed by atoms with van der Waals surface area (Å²) in [5.41, 5.74) is 1.82. The molecule has 0 spiro atoms. The molecule has 0 radical (unpaired) electrons. The second kappa shape index (κ2) is 14.7. The average molecular weight is 544 g/mol. The highest BCUT2D eigenvalue weighted by Crippen LogP contribution is 2.41. The number of nitrogens with one attached hydrogen (secondary N) is 2. The van der Waals surface area contributed by atoms with Gasteiger partial charge in [0.25, 0.3) is 0 Å². The van der Waals surface area contributed by atoms with E-state index in [1.165, 1.54) is 30.4 Å². The summed E-state index contributed by atoms with van der Waals surface area (Å²) >= 11 is 0. The minimum Gasteiger partial charge on any atom is -0.460 e. The molecule has 206 valence electrons. The van der Waals surface area contributed by atoms with Crippen LogP contribution in [0, 0.1) is 11.3 Å². The molecule has 0 saturated heterocycles. The molecule has 0 unspecified atom stereocenters. The first-order valence-corrected chi connectivity index (χ1v) is 13.0. The summed E-state index contributed by atoms with van der Waals surface area (Å²) in [7, 11) is 1.78. The molecule has 3 rings (SSSR count). The predicted octanol–water partition coefficient (Wildman–Crippen LogP) is 6.20. The molecule has 0 aliphatic heterocycles. The number of halogens is 2. The number of esters is 1. The zero-order chi connectivity index (χ0) is 24.8. The van der Waals surface area contributed by atoms with Crippen LogP contribution in [-0.4, -0.2) is 50.0 Å². The molecule has 2 aliphatic carbocycles. The quantitative estimate of drug-likeness (QED) is 0.326. The molecule has 7 heteroatoms. The van der Waals surface area contributed by atoms with Crippen molar-refractivity contribution >= 4 is 36.9 Å². The fourth-order valence-electron chi connectivity index (χ4n) is 4.79. The standard InChI is InChI=1S/C29H46N2O3.2ClH/c1-28(2,3)34-27(32)29(4,5)20-30-23-12-14-24(15-13-23)31-26-19-25(26)22(16-17-33-6)18-21-10-8-7-9-11-21;;/h7-11,18,23-26,30-31H,12-17,19-20H2,1-6H3;2*1H/t23-,24-,25-,26+;;/m0../s1. The Hall–Kier alpha value is -1.11. The molecule has 2 atom stereocenters. The molecule has 0 heterocycles. The van der Waals surface area contributed by atoms with Crippen LogP contribution in [0.1, 0.15) is 78.7 Å². The van der Waals surface area contributed by atoms with Crippen LogP contribution in [0.3, 0.4) is 0 Å². The molecule has 1 aromatic rings. The largest absolute Gasteiger partial charge is 0.460 e. The normalized spacial score (nSPS) is 24.3. The lowest BCUT2D eigenvalue weighted by Gasteiger charge is -2.33. The Bertz CT molecular complexity index is 816. The van der Waals surface area contributed by atoms with Crippen LogP contribution in [0.5, 0.6) is 0 Å². The van der Waals surface area contributed by atoms with Crippen LogP contribution in [0.25, 0.3) is 6.08 Å². The molecule has 2 aliphatic rings. The molecule has 1 aromatic carbocycles. The number of ether oxygens (including phenoxy) is 2. The minimum atomic E-state index is -0.521. The van der Waals surface area contributed by atoms with Crippen molar-refractivity contribution in [2.75, 3.05) is 20.3 Å². The molecular weight excluding hydrogens is 495 g/mol. The maximum absolute atomic E-state index is 12.5. The van der Waals surface area contributed by atoms with E-state index < -0.39 is 11.0 Å². The topological polar surface area (TPSA) is 59.6 Å². The molecule has 0 amide bonds. The third-order valence-corrected chi connectivity index (χ3v) is 6.97. The van der Waals surface area contributed by atoms with E-state index in [0.29, 0.717) is 30.6 Å². The van der Waals surface area contributed by atoms with Crippen molar-refractivity contribution in [2.24, 2.45) is 11.3 Å². The van der Waals surface area contributed by atoms with Crippen molar-refractivity contribution in [3.63, 3.8) is 0 Å². The summed E-state index contributed by atoms with van der Waals surface area (Å²) in [4.78, 5) is 12.5. The van der Waals surface area contributed by atoms with E-state index >= 15 is 0 Å². The zero-order valence-electron chi connectivity index (χ0n) is 23.0. The monoisotopic (exact) mass is 542 g/mol. The van der Waals surface area contributed by atoms with Gasteiger partial charge in [-0.2, -0.15) is 0 Å². The molecule has 5 nitrogen and oxygen atoms in total. The summed E-state index contributed by atoms with van der Waals surface area (Å²) in [6.07, 6.45) is 9.25. The lowest BCUT2D eigenvalue weighted by Crippen LogP contribution is -2.46. The number of benzene rings is 1. The van der Waals surface area contributed by atoms with Gasteiger partial charge in [-0.15, -0.1) is 24.8 Å². The molecule has 2 saturated carbocycles. The van der Waals surface area contributed by atoms with Crippen LogP contribution in [0.4, 0.5) is 0 Å². The molecule has 2 fully saturated rings. The first-order valence-electron chi connectivity index (χ1n) is 13.0. The highest BCUT2D eigenvalue weighted by atomic mass is 35.5. The van der Waals surface area contributed by atoms with Crippen molar-refractivity contribution in [3.8, 4) is 0 Å². The second-order valence-corrected chi connectivity index (χ2v) is 11.8. The van der Waals surface area contributed by atoms with Crippen LogP contribution < -0.4 is 10.6 Å². The van der Waals surface area contributed by atoms with Gasteiger partial charge in [-0.3, -0.25) is 4.79 Å². The summed E-state index contributed by atoms with van der Waals surface area (Å²) < 4.78 is 11.0. The summed E-state index contributed by atoms with van der Waals surface area (Å²) in [6, 6.07) is 12.3. The van der Waals surface area contributed by atoms with E-state index in [1.807, 2.05) is 34.6 Å². The van der Waals surface area contributed by atoms with Crippen molar-refractivity contribution in [1.29, 1.82) is 0 Å². The van der Waals surface area contributed by atoms with Crippen molar-refractivity contribution in [1.82, 2.24) is 10.6 Å². The van der Waals surface area contributed by atoms with Crippen molar-refractivity contribution in [2.45, 2.75) is 96.9 Å². The van der Waals surface area contributed by atoms with Crippen molar-refractivity contribution < 1.29 is 14.3 Å². The highest BCUT2D eigenvalue weighted by molar-refractivity contribution is 5.85. The van der Waals surface area contributed by atoms with Gasteiger partial charge in [0, 0.05) is 38.4 Å². The van der Waals surface area contributed by atoms with Gasteiger partial charge in [0.15, 0.2) is 0 Å². The first kappa shape index (κ1) is 32.9. The Morgan fingerprint density at radius 3 is 2.19 bits per heavy atom. The first-order chi connectivity index (χ1) is 16.1. The predicted molar refractivity (Wildman–Crippen MR) is 154 cm³/mol. The molecule has 0 bridgehead atoms. The third-order valence-electron chi connectivity index (χ3n) is 6.97. The number of methoxy groups -OCH3 is 1. The smallest absolute Gasteiger partial charge is 0.313 e. The summed E-state index contributed by atoms with van der Waals surface area (Å²) in [5, 5.41) is 7.58. The van der Waals surface area contributed by atoms with Gasteiger partial charge >= 0.3 is 5.97 Å². The lowest BCUT2D eigenvalue weighted by atomic mass is 9.88. The van der Waals surface area contributed by atoms with E-state index in [4.69, 9.17) is 9.47 Å². The van der Waals surface area contributed by atoms with Crippen LogP contribution in [0.15, 0.2) is 35.9 Å². The Labute approximate surface area is 231 Å². The molecule has 0 aromatic heterocycles. The Morgan fingerprint density at radius 1 is 1.00 bits per heavy atom. The van der Waals surface area contributed by atoms with E-state index in [0.717, 1.165) is 25.9 Å². The number of carbonyl (C=O) groups is 1. The van der Waals surface area contributed by atoms with E-state index in [-0.39, 0.29) is 30.8 Å². The Morgan fingerprint density at radius 2 is 1.61 bits per heavy atom. The lowest BCUT2D eigenvalue weighted by molar-refractivity contribution is -0.165. The molecule has 36 heavy (non-hydrogen) atoms. The molecule has 2 N–H and O–H groups in total. The summed E-state index contributed by atoms with van der Waals surface area (Å²) in [6.45, 7) is 11.1. The van der Waals surface area contributed by atoms with Gasteiger partial charge in [-0.05, 0) is 84.6 Å². The fourth-order valence-corrected chi connectivity index (χ4v) is 4.79. The van der Waals surface area contributed by atoms with Gasteiger partial charge in [0.1, 0.15) is 5.60 Å². The summed E-state index contributed by atoms with van der Waals surface area (Å²) in [5.74, 6) is 0.497. The van der Waals surface area contributed by atoms with Gasteiger partial charge in [0.05, 0.1) is 5.41 Å². The maximum atomic E-state index is 12.5. The SMILES string of the molecule is COCCC(=Cc1ccccc1)[C@@H]1C[C@H]1N[C@H]1CC[C@H](NCC(C)(C)C(=O)OC(C)(C)C)CC1.Cl.Cl. The minimum absolute atomic E-state index is 0. The van der Waals surface area contributed by atoms with E-state index in [2.05, 4.69) is 47.0 Å². The van der Waals surface area contributed by atoms with Gasteiger partial charge in [-0.1, -0.05) is 42.0 Å². The number of carbonyl (C=O) groups excluding carboxylic acids is 1. The van der Waals surface area contributed by atoms with Gasteiger partial charge < -0.3 is 20.1 Å². The Kier molecular flexibility index (Phi) is 13.5. The third kappa shape index (κ3) is 10.7. The van der Waals surface area contributed by atoms with Crippen LogP contribution >= 0.6 is 24.8 Å². The highest BCUT2D eigenvalue weighted by Gasteiger charge is 2.41. The van der Waals surface area contributed by atoms with E-state index in [9.17, 15) is 4.79 Å². The molecular formula is C29H48Cl2N2O3. The average Bonchev–Trinajstić information content (AvgIpc) is 3.54. The Balaban J connectivity index is 0.00000324. The number of rotatable bonds is 11. The zero-order valence-corrected chi connectivity index (χ0v) is 24.6. The van der Waals surface area contributed by atoms with Crippen LogP contribution in [0.2, 0.25) is 0 Å². The van der Waals surface area contributed by atoms with Crippen molar-refractivity contribution in [3.05, 3.63) is 41.5 Å². The van der Waals surface area contributed by atoms with Gasteiger partial charge in [0.2, 0.25) is 0 Å². The number of hydrogen-bond donors (Lipinski definition) is 2. The van der Waals surface area contributed by atoms with Gasteiger partial charge in [-0.25, -0.2) is 0 Å². The van der Waals surface area contributed by atoms with Crippen LogP contribution in [-0.2, 0) is 14.3 Å². The maximum Gasteiger partial charge on any atom is 0.313 e. The fraction of sp³-hybridized carbons (Fsp3) is 0.690. The second-order valence-electron chi connectivity index (χ2n) is 11.8. The number of hydrogen-bond acceptors (Lipinski definition) is 5. The van der Waals surface area contributed by atoms with E-state index in [1.54, 1.807) is 7.11 Å².